The molecular weight excluding hydrogens is 252 g/mol. The number of benzene rings is 2. The third-order valence-electron chi connectivity index (χ3n) is 3.22. The van der Waals surface area contributed by atoms with E-state index in [-0.39, 0.29) is 5.91 Å². The van der Waals surface area contributed by atoms with E-state index in [1.54, 1.807) is 19.2 Å². The van der Waals surface area contributed by atoms with Gasteiger partial charge in [0.15, 0.2) is 0 Å². The van der Waals surface area contributed by atoms with Crippen molar-refractivity contribution in [3.05, 3.63) is 53.1 Å². The number of carbonyl (C=O) groups is 1. The Morgan fingerprint density at radius 1 is 1.10 bits per heavy atom. The summed E-state index contributed by atoms with van der Waals surface area (Å²) >= 11 is 0. The molecule has 2 rings (SSSR count). The highest BCUT2D eigenvalue weighted by Gasteiger charge is 2.09. The third kappa shape index (κ3) is 2.91. The van der Waals surface area contributed by atoms with Gasteiger partial charge in [-0.1, -0.05) is 6.07 Å². The Bertz CT molecular complexity index is 651. The van der Waals surface area contributed by atoms with E-state index < -0.39 is 0 Å². The number of methoxy groups -OCH3 is 1. The summed E-state index contributed by atoms with van der Waals surface area (Å²) in [5.41, 5.74) is 9.64. The van der Waals surface area contributed by atoms with Gasteiger partial charge in [0.25, 0.3) is 5.91 Å². The van der Waals surface area contributed by atoms with Gasteiger partial charge in [0.1, 0.15) is 5.75 Å². The van der Waals surface area contributed by atoms with Gasteiger partial charge in [0, 0.05) is 16.9 Å². The largest absolute Gasteiger partial charge is 0.497 e. The SMILES string of the molecule is COc1ccc(NC(=O)c2ccc(C)c(N)c2)c(C)c1. The van der Waals surface area contributed by atoms with Gasteiger partial charge in [-0.3, -0.25) is 4.79 Å². The van der Waals surface area contributed by atoms with Crippen molar-refractivity contribution in [1.29, 1.82) is 0 Å². The normalized spacial score (nSPS) is 10.2. The minimum absolute atomic E-state index is 0.176. The lowest BCUT2D eigenvalue weighted by molar-refractivity contribution is 0.102. The fourth-order valence-electron chi connectivity index (χ4n) is 1.88. The van der Waals surface area contributed by atoms with Gasteiger partial charge in [-0.25, -0.2) is 0 Å². The van der Waals surface area contributed by atoms with Crippen molar-refractivity contribution < 1.29 is 9.53 Å². The van der Waals surface area contributed by atoms with Crippen molar-refractivity contribution in [3.63, 3.8) is 0 Å². The van der Waals surface area contributed by atoms with E-state index in [9.17, 15) is 4.79 Å². The van der Waals surface area contributed by atoms with Crippen LogP contribution in [0.5, 0.6) is 5.75 Å². The lowest BCUT2D eigenvalue weighted by atomic mass is 10.1. The van der Waals surface area contributed by atoms with Crippen LogP contribution >= 0.6 is 0 Å². The topological polar surface area (TPSA) is 64.3 Å². The number of ether oxygens (including phenoxy) is 1. The first-order valence-corrected chi connectivity index (χ1v) is 6.33. The van der Waals surface area contributed by atoms with E-state index in [1.807, 2.05) is 38.1 Å². The van der Waals surface area contributed by atoms with E-state index in [4.69, 9.17) is 10.5 Å². The van der Waals surface area contributed by atoms with Crippen LogP contribution in [-0.4, -0.2) is 13.0 Å². The Hall–Kier alpha value is -2.49. The molecule has 2 aromatic carbocycles. The average Bonchev–Trinajstić information content (AvgIpc) is 2.43. The number of hydrogen-bond acceptors (Lipinski definition) is 3. The van der Waals surface area contributed by atoms with Gasteiger partial charge in [0.05, 0.1) is 7.11 Å². The van der Waals surface area contributed by atoms with Crippen molar-refractivity contribution in [3.8, 4) is 5.75 Å². The lowest BCUT2D eigenvalue weighted by Gasteiger charge is -2.10. The van der Waals surface area contributed by atoms with Crippen molar-refractivity contribution in [2.24, 2.45) is 0 Å². The zero-order valence-electron chi connectivity index (χ0n) is 11.9. The summed E-state index contributed by atoms with van der Waals surface area (Å²) in [5, 5.41) is 2.87. The van der Waals surface area contributed by atoms with Crippen molar-refractivity contribution in [1.82, 2.24) is 0 Å². The molecule has 0 aliphatic carbocycles. The number of nitrogens with one attached hydrogen (secondary N) is 1. The maximum Gasteiger partial charge on any atom is 0.255 e. The Labute approximate surface area is 118 Å². The molecule has 0 aromatic heterocycles. The Balaban J connectivity index is 2.21. The van der Waals surface area contributed by atoms with Gasteiger partial charge in [0.2, 0.25) is 0 Å². The van der Waals surface area contributed by atoms with E-state index >= 15 is 0 Å². The van der Waals surface area contributed by atoms with E-state index in [0.717, 1.165) is 22.6 Å². The number of aryl methyl sites for hydroxylation is 2. The minimum atomic E-state index is -0.176. The lowest BCUT2D eigenvalue weighted by Crippen LogP contribution is -2.13. The molecule has 0 aliphatic heterocycles. The van der Waals surface area contributed by atoms with Crippen molar-refractivity contribution >= 4 is 17.3 Å². The molecule has 2 aromatic rings. The first kappa shape index (κ1) is 13.9. The molecule has 0 fully saturated rings. The fraction of sp³-hybridized carbons (Fsp3) is 0.188. The quantitative estimate of drug-likeness (QED) is 0.842. The van der Waals surface area contributed by atoms with Gasteiger partial charge in [-0.05, 0) is 55.3 Å². The molecule has 0 bridgehead atoms. The van der Waals surface area contributed by atoms with Crippen LogP contribution in [0.1, 0.15) is 21.5 Å². The molecule has 4 heteroatoms. The smallest absolute Gasteiger partial charge is 0.255 e. The number of nitrogens with two attached hydrogens (primary N) is 1. The van der Waals surface area contributed by atoms with E-state index in [1.165, 1.54) is 0 Å². The van der Waals surface area contributed by atoms with Gasteiger partial charge < -0.3 is 15.8 Å². The van der Waals surface area contributed by atoms with Crippen LogP contribution in [0.25, 0.3) is 0 Å². The Morgan fingerprint density at radius 3 is 2.45 bits per heavy atom. The molecule has 4 nitrogen and oxygen atoms in total. The molecule has 104 valence electrons. The van der Waals surface area contributed by atoms with Crippen LogP contribution in [0.2, 0.25) is 0 Å². The van der Waals surface area contributed by atoms with Crippen molar-refractivity contribution in [2.75, 3.05) is 18.2 Å². The second kappa shape index (κ2) is 5.65. The van der Waals surface area contributed by atoms with E-state index in [0.29, 0.717) is 11.3 Å². The molecule has 0 spiro atoms. The summed E-state index contributed by atoms with van der Waals surface area (Å²) < 4.78 is 5.14. The zero-order chi connectivity index (χ0) is 14.7. The Morgan fingerprint density at radius 2 is 1.85 bits per heavy atom. The molecular formula is C16H18N2O2. The van der Waals surface area contributed by atoms with Crippen LogP contribution in [-0.2, 0) is 0 Å². The highest BCUT2D eigenvalue weighted by atomic mass is 16.5. The fourth-order valence-corrected chi connectivity index (χ4v) is 1.88. The average molecular weight is 270 g/mol. The maximum absolute atomic E-state index is 12.2. The van der Waals surface area contributed by atoms with Crippen molar-refractivity contribution in [2.45, 2.75) is 13.8 Å². The number of anilines is 2. The minimum Gasteiger partial charge on any atom is -0.497 e. The zero-order valence-corrected chi connectivity index (χ0v) is 11.9. The monoisotopic (exact) mass is 270 g/mol. The molecule has 0 atom stereocenters. The summed E-state index contributed by atoms with van der Waals surface area (Å²) in [6, 6.07) is 10.8. The molecule has 0 radical (unpaired) electrons. The van der Waals surface area contributed by atoms with Gasteiger partial charge >= 0.3 is 0 Å². The summed E-state index contributed by atoms with van der Waals surface area (Å²) in [6.45, 7) is 3.83. The van der Waals surface area contributed by atoms with Gasteiger partial charge in [-0.2, -0.15) is 0 Å². The number of nitrogen functional groups attached to an aromatic ring is 1. The van der Waals surface area contributed by atoms with Gasteiger partial charge in [-0.15, -0.1) is 0 Å². The molecule has 1 amide bonds. The standard InChI is InChI=1S/C16H18N2O2/c1-10-4-5-12(9-14(10)17)16(19)18-15-7-6-13(20-3)8-11(15)2/h4-9H,17H2,1-3H3,(H,18,19). The molecule has 0 unspecified atom stereocenters. The number of rotatable bonds is 3. The molecule has 0 aliphatic rings. The molecule has 0 heterocycles. The second-order valence-corrected chi connectivity index (χ2v) is 4.71. The number of hydrogen-bond donors (Lipinski definition) is 2. The highest BCUT2D eigenvalue weighted by molar-refractivity contribution is 6.05. The molecule has 0 saturated heterocycles. The number of carbonyl (C=O) groups excluding carboxylic acids is 1. The summed E-state index contributed by atoms with van der Waals surface area (Å²) in [4.78, 5) is 12.2. The predicted octanol–water partition coefficient (Wildman–Crippen LogP) is 3.15. The summed E-state index contributed by atoms with van der Waals surface area (Å²) in [7, 11) is 1.61. The van der Waals surface area contributed by atoms with E-state index in [2.05, 4.69) is 5.32 Å². The van der Waals surface area contributed by atoms with Crippen LogP contribution in [0.3, 0.4) is 0 Å². The van der Waals surface area contributed by atoms with Crippen LogP contribution < -0.4 is 15.8 Å². The summed E-state index contributed by atoms with van der Waals surface area (Å²) in [6.07, 6.45) is 0. The predicted molar refractivity (Wildman–Crippen MR) is 81.3 cm³/mol. The van der Waals surface area contributed by atoms with Crippen LogP contribution in [0.4, 0.5) is 11.4 Å². The Kier molecular flexibility index (Phi) is 3.94. The molecule has 0 saturated carbocycles. The molecule has 3 N–H and O–H groups in total. The van der Waals surface area contributed by atoms with Crippen LogP contribution in [0.15, 0.2) is 36.4 Å². The first-order chi connectivity index (χ1) is 9.51. The second-order valence-electron chi connectivity index (χ2n) is 4.71. The first-order valence-electron chi connectivity index (χ1n) is 6.33. The maximum atomic E-state index is 12.2. The summed E-state index contributed by atoms with van der Waals surface area (Å²) in [5.74, 6) is 0.588. The molecule has 20 heavy (non-hydrogen) atoms. The van der Waals surface area contributed by atoms with Crippen LogP contribution in [0, 0.1) is 13.8 Å². The number of amides is 1. The third-order valence-corrected chi connectivity index (χ3v) is 3.22. The highest BCUT2D eigenvalue weighted by Crippen LogP contribution is 2.22.